The summed E-state index contributed by atoms with van der Waals surface area (Å²) in [5, 5.41) is 3.31. The molecule has 5 nitrogen and oxygen atoms in total. The van der Waals surface area contributed by atoms with E-state index < -0.39 is 0 Å². The molecular weight excluding hydrogens is 413 g/mol. The molecule has 5 rings (SSSR count). The van der Waals surface area contributed by atoms with E-state index in [1.807, 2.05) is 16.7 Å². The summed E-state index contributed by atoms with van der Waals surface area (Å²) < 4.78 is 15.6. The topological polar surface area (TPSA) is 55.1 Å². The van der Waals surface area contributed by atoms with Gasteiger partial charge in [0, 0.05) is 24.5 Å². The molecule has 0 aliphatic heterocycles. The van der Waals surface area contributed by atoms with Crippen molar-refractivity contribution < 1.29 is 4.39 Å². The summed E-state index contributed by atoms with van der Waals surface area (Å²) in [5.41, 5.74) is 7.59. The molecule has 0 amide bonds. The number of imidazole rings is 1. The molecule has 2 aromatic carbocycles. The standard InChI is InChI=1S/C27H24FN5/c1-3-19-13-15-33-24(16-19)32-25(21-8-10-22(28)11-9-21)26(33)23-12-14-29-27(31-23)30-17-20-6-4-18(2)5-7-20/h4-16H,3,17H2,1-2H3,(H,29,30,31). The van der Waals surface area contributed by atoms with Crippen molar-refractivity contribution in [1.29, 1.82) is 0 Å². The van der Waals surface area contributed by atoms with Gasteiger partial charge in [-0.1, -0.05) is 36.8 Å². The molecular formula is C27H24FN5. The van der Waals surface area contributed by atoms with Crippen molar-refractivity contribution in [3.05, 3.63) is 102 Å². The third kappa shape index (κ3) is 4.32. The second kappa shape index (κ2) is 8.82. The molecule has 0 aliphatic carbocycles. The number of anilines is 1. The smallest absolute Gasteiger partial charge is 0.223 e. The molecule has 3 aromatic heterocycles. The Morgan fingerprint density at radius 2 is 1.70 bits per heavy atom. The SMILES string of the molecule is CCc1ccn2c(-c3ccnc(NCc4ccc(C)cc4)n3)c(-c3ccc(F)cc3)nc2c1. The number of nitrogens with one attached hydrogen (secondary N) is 1. The highest BCUT2D eigenvalue weighted by molar-refractivity contribution is 5.80. The van der Waals surface area contributed by atoms with Crippen molar-refractivity contribution >= 4 is 11.6 Å². The van der Waals surface area contributed by atoms with Crippen LogP contribution in [0.15, 0.2) is 79.1 Å². The number of halogens is 1. The van der Waals surface area contributed by atoms with Gasteiger partial charge in [0.05, 0.1) is 17.1 Å². The Labute approximate surface area is 192 Å². The minimum Gasteiger partial charge on any atom is -0.350 e. The lowest BCUT2D eigenvalue weighted by molar-refractivity contribution is 0.628. The number of hydrogen-bond donors (Lipinski definition) is 1. The highest BCUT2D eigenvalue weighted by Gasteiger charge is 2.18. The number of pyridine rings is 1. The number of hydrogen-bond acceptors (Lipinski definition) is 4. The van der Waals surface area contributed by atoms with Gasteiger partial charge in [-0.25, -0.2) is 19.3 Å². The van der Waals surface area contributed by atoms with Gasteiger partial charge in [-0.3, -0.25) is 4.40 Å². The summed E-state index contributed by atoms with van der Waals surface area (Å²) in [6.07, 6.45) is 4.68. The molecule has 3 heterocycles. The maximum absolute atomic E-state index is 13.6. The Kier molecular flexibility index (Phi) is 5.57. The van der Waals surface area contributed by atoms with Crippen molar-refractivity contribution in [2.24, 2.45) is 0 Å². The molecule has 0 saturated carbocycles. The zero-order valence-electron chi connectivity index (χ0n) is 18.6. The number of nitrogens with zero attached hydrogens (tertiary/aromatic N) is 4. The molecule has 0 fully saturated rings. The van der Waals surface area contributed by atoms with Gasteiger partial charge in [0.1, 0.15) is 11.5 Å². The molecule has 0 radical (unpaired) electrons. The van der Waals surface area contributed by atoms with Crippen molar-refractivity contribution in [2.75, 3.05) is 5.32 Å². The number of aromatic nitrogens is 4. The van der Waals surface area contributed by atoms with Gasteiger partial charge in [-0.15, -0.1) is 0 Å². The molecule has 0 atom stereocenters. The van der Waals surface area contributed by atoms with Crippen LogP contribution in [0.3, 0.4) is 0 Å². The Morgan fingerprint density at radius 3 is 2.45 bits per heavy atom. The monoisotopic (exact) mass is 437 g/mol. The van der Waals surface area contributed by atoms with E-state index in [0.29, 0.717) is 12.5 Å². The Bertz CT molecular complexity index is 1410. The van der Waals surface area contributed by atoms with Crippen LogP contribution in [0.25, 0.3) is 28.3 Å². The van der Waals surface area contributed by atoms with E-state index in [0.717, 1.165) is 40.3 Å². The van der Waals surface area contributed by atoms with E-state index in [1.165, 1.54) is 23.3 Å². The highest BCUT2D eigenvalue weighted by atomic mass is 19.1. The van der Waals surface area contributed by atoms with Crippen LogP contribution in [0.5, 0.6) is 0 Å². The zero-order chi connectivity index (χ0) is 22.8. The lowest BCUT2D eigenvalue weighted by atomic mass is 10.1. The number of fused-ring (bicyclic) bond motifs is 1. The molecule has 1 N–H and O–H groups in total. The molecule has 6 heteroatoms. The summed E-state index contributed by atoms with van der Waals surface area (Å²) >= 11 is 0. The van der Waals surface area contributed by atoms with Crippen LogP contribution in [0.2, 0.25) is 0 Å². The van der Waals surface area contributed by atoms with E-state index >= 15 is 0 Å². The molecule has 0 unspecified atom stereocenters. The van der Waals surface area contributed by atoms with Crippen LogP contribution in [0.1, 0.15) is 23.6 Å². The fourth-order valence-corrected chi connectivity index (χ4v) is 3.82. The van der Waals surface area contributed by atoms with Crippen LogP contribution in [0, 0.1) is 12.7 Å². The Hall–Kier alpha value is -4.06. The minimum absolute atomic E-state index is 0.276. The fourth-order valence-electron chi connectivity index (χ4n) is 3.82. The van der Waals surface area contributed by atoms with E-state index in [-0.39, 0.29) is 5.82 Å². The van der Waals surface area contributed by atoms with Gasteiger partial charge in [0.2, 0.25) is 5.95 Å². The minimum atomic E-state index is -0.276. The largest absolute Gasteiger partial charge is 0.350 e. The number of benzene rings is 2. The highest BCUT2D eigenvalue weighted by Crippen LogP contribution is 2.32. The first kappa shape index (κ1) is 20.8. The first-order valence-corrected chi connectivity index (χ1v) is 11.0. The third-order valence-electron chi connectivity index (χ3n) is 5.69. The van der Waals surface area contributed by atoms with Crippen LogP contribution in [-0.4, -0.2) is 19.4 Å². The average Bonchev–Trinajstić information content (AvgIpc) is 3.23. The summed E-state index contributed by atoms with van der Waals surface area (Å²) in [4.78, 5) is 14.1. The number of rotatable bonds is 6. The van der Waals surface area contributed by atoms with Crippen LogP contribution < -0.4 is 5.32 Å². The van der Waals surface area contributed by atoms with Gasteiger partial charge >= 0.3 is 0 Å². The van der Waals surface area contributed by atoms with Crippen LogP contribution in [0.4, 0.5) is 10.3 Å². The van der Waals surface area contributed by atoms with Crippen molar-refractivity contribution in [2.45, 2.75) is 26.8 Å². The molecule has 5 aromatic rings. The van der Waals surface area contributed by atoms with Gasteiger partial charge in [-0.2, -0.15) is 0 Å². The first-order chi connectivity index (χ1) is 16.1. The molecule has 0 aliphatic rings. The lowest BCUT2D eigenvalue weighted by Crippen LogP contribution is -2.04. The van der Waals surface area contributed by atoms with Gasteiger partial charge in [-0.05, 0) is 66.9 Å². The summed E-state index contributed by atoms with van der Waals surface area (Å²) in [7, 11) is 0. The average molecular weight is 438 g/mol. The van der Waals surface area contributed by atoms with E-state index in [9.17, 15) is 4.39 Å². The number of aryl methyl sites for hydroxylation is 2. The van der Waals surface area contributed by atoms with Crippen molar-refractivity contribution in [3.63, 3.8) is 0 Å². The Morgan fingerprint density at radius 1 is 0.909 bits per heavy atom. The van der Waals surface area contributed by atoms with Gasteiger partial charge in [0.25, 0.3) is 0 Å². The van der Waals surface area contributed by atoms with Crippen LogP contribution in [-0.2, 0) is 13.0 Å². The molecule has 0 saturated heterocycles. The van der Waals surface area contributed by atoms with Crippen molar-refractivity contribution in [3.8, 4) is 22.6 Å². The lowest BCUT2D eigenvalue weighted by Gasteiger charge is -2.09. The molecule has 0 bridgehead atoms. The van der Waals surface area contributed by atoms with Crippen LogP contribution >= 0.6 is 0 Å². The quantitative estimate of drug-likeness (QED) is 0.350. The first-order valence-electron chi connectivity index (χ1n) is 11.0. The normalized spacial score (nSPS) is 11.1. The summed E-state index contributed by atoms with van der Waals surface area (Å²) in [6.45, 7) is 4.82. The molecule has 164 valence electrons. The van der Waals surface area contributed by atoms with Crippen molar-refractivity contribution in [1.82, 2.24) is 19.4 Å². The summed E-state index contributed by atoms with van der Waals surface area (Å²) in [5.74, 6) is 0.264. The van der Waals surface area contributed by atoms with Gasteiger partial charge < -0.3 is 5.32 Å². The van der Waals surface area contributed by atoms with E-state index in [2.05, 4.69) is 60.5 Å². The van der Waals surface area contributed by atoms with E-state index in [4.69, 9.17) is 9.97 Å². The predicted octanol–water partition coefficient (Wildman–Crippen LogP) is 6.08. The third-order valence-corrected chi connectivity index (χ3v) is 5.69. The predicted molar refractivity (Wildman–Crippen MR) is 129 cm³/mol. The van der Waals surface area contributed by atoms with Gasteiger partial charge in [0.15, 0.2) is 0 Å². The second-order valence-corrected chi connectivity index (χ2v) is 8.04. The Balaban J connectivity index is 1.56. The maximum Gasteiger partial charge on any atom is 0.223 e. The maximum atomic E-state index is 13.6. The summed E-state index contributed by atoms with van der Waals surface area (Å²) in [6, 6.07) is 20.8. The van der Waals surface area contributed by atoms with E-state index in [1.54, 1.807) is 18.3 Å². The zero-order valence-corrected chi connectivity index (χ0v) is 18.6. The fraction of sp³-hybridized carbons (Fsp3) is 0.148. The molecule has 0 spiro atoms. The second-order valence-electron chi connectivity index (χ2n) is 8.04. The molecule has 33 heavy (non-hydrogen) atoms.